The van der Waals surface area contributed by atoms with Gasteiger partial charge < -0.3 is 14.9 Å². The van der Waals surface area contributed by atoms with Gasteiger partial charge in [-0.25, -0.2) is 0 Å². The molecular formula is C26H43NO3. The van der Waals surface area contributed by atoms with E-state index in [0.29, 0.717) is 24.9 Å². The van der Waals surface area contributed by atoms with Crippen LogP contribution in [0.5, 0.6) is 0 Å². The summed E-state index contributed by atoms with van der Waals surface area (Å²) in [5.41, 5.74) is 1.63. The van der Waals surface area contributed by atoms with Crippen molar-refractivity contribution in [1.82, 2.24) is 4.90 Å². The van der Waals surface area contributed by atoms with Crippen LogP contribution in [0, 0.1) is 35.5 Å². The van der Waals surface area contributed by atoms with E-state index in [4.69, 9.17) is 4.74 Å². The topological polar surface area (TPSA) is 52.9 Å². The molecular weight excluding hydrogens is 374 g/mol. The monoisotopic (exact) mass is 417 g/mol. The lowest BCUT2D eigenvalue weighted by molar-refractivity contribution is 0.0946. The third kappa shape index (κ3) is 7.24. The van der Waals surface area contributed by atoms with Crippen LogP contribution < -0.4 is 0 Å². The van der Waals surface area contributed by atoms with Gasteiger partial charge in [0.2, 0.25) is 0 Å². The largest absolute Gasteiger partial charge is 0.392 e. The van der Waals surface area contributed by atoms with Crippen LogP contribution in [0.2, 0.25) is 0 Å². The van der Waals surface area contributed by atoms with E-state index in [2.05, 4.69) is 56.7 Å². The molecule has 2 N–H and O–H groups in total. The van der Waals surface area contributed by atoms with E-state index in [1.54, 1.807) is 0 Å². The van der Waals surface area contributed by atoms with E-state index < -0.39 is 6.10 Å². The van der Waals surface area contributed by atoms with Crippen molar-refractivity contribution in [3.05, 3.63) is 23.8 Å². The molecule has 6 atom stereocenters. The van der Waals surface area contributed by atoms with Gasteiger partial charge in [0.25, 0.3) is 0 Å². The number of fused-ring (bicyclic) bond motifs is 1. The zero-order valence-electron chi connectivity index (χ0n) is 19.9. The molecule has 2 rings (SSSR count). The number of likely N-dealkylation sites (N-methyl/N-ethyl adjacent to an activating group) is 1. The average molecular weight is 418 g/mol. The van der Waals surface area contributed by atoms with Gasteiger partial charge >= 0.3 is 0 Å². The zero-order chi connectivity index (χ0) is 22.3. The summed E-state index contributed by atoms with van der Waals surface area (Å²) >= 11 is 0. The van der Waals surface area contributed by atoms with Crippen molar-refractivity contribution in [2.45, 2.75) is 78.0 Å². The Balaban J connectivity index is 1.81. The van der Waals surface area contributed by atoms with E-state index in [9.17, 15) is 10.2 Å². The van der Waals surface area contributed by atoms with Gasteiger partial charge in [-0.05, 0) is 71.8 Å². The van der Waals surface area contributed by atoms with Crippen LogP contribution in [-0.2, 0) is 4.74 Å². The fourth-order valence-corrected chi connectivity index (χ4v) is 4.55. The maximum absolute atomic E-state index is 10.5. The molecule has 0 unspecified atom stereocenters. The van der Waals surface area contributed by atoms with Crippen LogP contribution in [0.1, 0.15) is 60.3 Å². The van der Waals surface area contributed by atoms with Gasteiger partial charge in [0, 0.05) is 24.4 Å². The Morgan fingerprint density at radius 2 is 2.03 bits per heavy atom. The molecule has 4 nitrogen and oxygen atoms in total. The standard InChI is InChI=1S/C26H43NO3/c1-7-8-9-19(2)24(28)11-10-22-23-17-20(16-21(23)18-25(22)29)12-14-30-15-13-27(6)26(3,4)5/h10-12,19,21-25,28-29H,9,13-18H2,1-6H3/b11-10+,20-12+/t19-,21-,22+,23-,24+,25+/m0/s1. The third-order valence-corrected chi connectivity index (χ3v) is 7.03. The van der Waals surface area contributed by atoms with Gasteiger partial charge in [-0.15, -0.1) is 11.8 Å². The molecule has 0 aromatic rings. The molecule has 0 aromatic heterocycles. The normalized spacial score (nSPS) is 30.0. The quantitative estimate of drug-likeness (QED) is 0.338. The maximum Gasteiger partial charge on any atom is 0.0755 e. The fourth-order valence-electron chi connectivity index (χ4n) is 4.55. The third-order valence-electron chi connectivity index (χ3n) is 7.03. The number of ether oxygens (including phenoxy) is 1. The molecule has 0 aliphatic heterocycles. The minimum absolute atomic E-state index is 0.108. The Hall–Kier alpha value is -1.12. The van der Waals surface area contributed by atoms with Crippen molar-refractivity contribution in [2.24, 2.45) is 23.7 Å². The summed E-state index contributed by atoms with van der Waals surface area (Å²) in [4.78, 5) is 2.31. The molecule has 30 heavy (non-hydrogen) atoms. The smallest absolute Gasteiger partial charge is 0.0755 e. The molecule has 0 spiro atoms. The number of hydrogen-bond donors (Lipinski definition) is 2. The minimum Gasteiger partial charge on any atom is -0.392 e. The van der Waals surface area contributed by atoms with Crippen LogP contribution in [0.4, 0.5) is 0 Å². The van der Waals surface area contributed by atoms with E-state index in [-0.39, 0.29) is 23.5 Å². The van der Waals surface area contributed by atoms with Crippen LogP contribution in [0.3, 0.4) is 0 Å². The predicted octanol–water partition coefficient (Wildman–Crippen LogP) is 4.03. The second-order valence-electron chi connectivity index (χ2n) is 10.2. The summed E-state index contributed by atoms with van der Waals surface area (Å²) in [7, 11) is 2.13. The number of aliphatic hydroxyl groups excluding tert-OH is 2. The highest BCUT2D eigenvalue weighted by Gasteiger charge is 2.45. The molecule has 0 bridgehead atoms. The lowest BCUT2D eigenvalue weighted by Crippen LogP contribution is -2.40. The Bertz CT molecular complexity index is 651. The average Bonchev–Trinajstić information content (AvgIpc) is 3.19. The van der Waals surface area contributed by atoms with Crippen molar-refractivity contribution in [3.63, 3.8) is 0 Å². The van der Waals surface area contributed by atoms with Crippen LogP contribution in [0.25, 0.3) is 0 Å². The van der Waals surface area contributed by atoms with E-state index in [1.165, 1.54) is 5.57 Å². The molecule has 2 saturated carbocycles. The van der Waals surface area contributed by atoms with E-state index in [0.717, 1.165) is 32.4 Å². The SMILES string of the molecule is CC#CC[C@H](C)[C@H](O)/C=C/[C@@H]1[C@H]2C/C(=C/COCCN(C)C(C)(C)C)C[C@H]2C[C@H]1O. The highest BCUT2D eigenvalue weighted by molar-refractivity contribution is 5.18. The van der Waals surface area contributed by atoms with E-state index >= 15 is 0 Å². The van der Waals surface area contributed by atoms with Crippen molar-refractivity contribution in [1.29, 1.82) is 0 Å². The Morgan fingerprint density at radius 1 is 1.30 bits per heavy atom. The van der Waals surface area contributed by atoms with E-state index in [1.807, 2.05) is 19.9 Å². The first-order valence-corrected chi connectivity index (χ1v) is 11.5. The van der Waals surface area contributed by atoms with Crippen LogP contribution in [0.15, 0.2) is 23.8 Å². The summed E-state index contributed by atoms with van der Waals surface area (Å²) in [5, 5.41) is 20.9. The molecule has 0 amide bonds. The Labute approximate surface area is 184 Å². The van der Waals surface area contributed by atoms with Gasteiger partial charge in [0.1, 0.15) is 0 Å². The highest BCUT2D eigenvalue weighted by atomic mass is 16.5. The highest BCUT2D eigenvalue weighted by Crippen LogP contribution is 2.50. The lowest BCUT2D eigenvalue weighted by atomic mass is 9.89. The molecule has 2 aliphatic rings. The number of hydrogen-bond acceptors (Lipinski definition) is 4. The van der Waals surface area contributed by atoms with Gasteiger partial charge in [0.05, 0.1) is 25.4 Å². The number of rotatable bonds is 9. The summed E-state index contributed by atoms with van der Waals surface area (Å²) < 4.78 is 5.84. The molecule has 0 saturated heterocycles. The minimum atomic E-state index is -0.506. The van der Waals surface area contributed by atoms with Gasteiger partial charge in [0.15, 0.2) is 0 Å². The zero-order valence-corrected chi connectivity index (χ0v) is 19.9. The molecule has 0 heterocycles. The molecule has 4 heteroatoms. The first kappa shape index (κ1) is 25.1. The second kappa shape index (κ2) is 11.5. The van der Waals surface area contributed by atoms with Crippen molar-refractivity contribution < 1.29 is 14.9 Å². The Morgan fingerprint density at radius 3 is 2.70 bits per heavy atom. The lowest BCUT2D eigenvalue weighted by Gasteiger charge is -2.31. The first-order chi connectivity index (χ1) is 14.1. The van der Waals surface area contributed by atoms with Crippen molar-refractivity contribution >= 4 is 0 Å². The molecule has 170 valence electrons. The maximum atomic E-state index is 10.5. The number of aliphatic hydroxyl groups is 2. The molecule has 0 aromatic carbocycles. The first-order valence-electron chi connectivity index (χ1n) is 11.5. The molecule has 2 fully saturated rings. The van der Waals surface area contributed by atoms with Gasteiger partial charge in [-0.2, -0.15) is 0 Å². The summed E-state index contributed by atoms with van der Waals surface area (Å²) in [6, 6.07) is 0. The second-order valence-corrected chi connectivity index (χ2v) is 10.2. The summed E-state index contributed by atoms with van der Waals surface area (Å²) in [5.74, 6) is 7.20. The van der Waals surface area contributed by atoms with Crippen molar-refractivity contribution in [2.75, 3.05) is 26.8 Å². The molecule has 0 radical (unpaired) electrons. The van der Waals surface area contributed by atoms with Crippen molar-refractivity contribution in [3.8, 4) is 11.8 Å². The van der Waals surface area contributed by atoms with Gasteiger partial charge in [-0.1, -0.05) is 30.7 Å². The number of allylic oxidation sites excluding steroid dienone is 1. The molecule has 2 aliphatic carbocycles. The van der Waals surface area contributed by atoms with Crippen LogP contribution >= 0.6 is 0 Å². The predicted molar refractivity (Wildman–Crippen MR) is 124 cm³/mol. The van der Waals surface area contributed by atoms with Crippen LogP contribution in [-0.4, -0.2) is 59.7 Å². The fraction of sp³-hybridized carbons (Fsp3) is 0.769. The number of nitrogens with zero attached hydrogens (tertiary/aromatic N) is 1. The summed E-state index contributed by atoms with van der Waals surface area (Å²) in [6.45, 7) is 12.8. The van der Waals surface area contributed by atoms with Gasteiger partial charge in [-0.3, -0.25) is 4.90 Å². The Kier molecular flexibility index (Phi) is 9.63. The summed E-state index contributed by atoms with van der Waals surface area (Å²) in [6.07, 6.45) is 9.07.